The van der Waals surface area contributed by atoms with Gasteiger partial charge in [0, 0.05) is 31.4 Å². The Morgan fingerprint density at radius 3 is 2.58 bits per heavy atom. The number of hydrogen-bond donors (Lipinski definition) is 2. The van der Waals surface area contributed by atoms with Gasteiger partial charge in [-0.3, -0.25) is 4.79 Å². The molecule has 5 aliphatic carbocycles. The molecule has 6 aliphatic rings. The van der Waals surface area contributed by atoms with Crippen LogP contribution >= 0.6 is 0 Å². The fourth-order valence-corrected chi connectivity index (χ4v) is 7.00. The van der Waals surface area contributed by atoms with Gasteiger partial charge in [-0.15, -0.1) is 0 Å². The molecule has 2 amide bonds. The minimum Gasteiger partial charge on any atom is -0.446 e. The Labute approximate surface area is 194 Å². The van der Waals surface area contributed by atoms with E-state index >= 15 is 0 Å². The molecule has 1 aromatic rings. The molecule has 3 unspecified atom stereocenters. The van der Waals surface area contributed by atoms with Crippen LogP contribution in [0.25, 0.3) is 0 Å². The Bertz CT molecular complexity index is 969. The van der Waals surface area contributed by atoms with E-state index in [1.807, 2.05) is 0 Å². The first-order chi connectivity index (χ1) is 16.0. The number of anilines is 1. The minimum absolute atomic E-state index is 0.0527. The van der Waals surface area contributed by atoms with E-state index < -0.39 is 0 Å². The summed E-state index contributed by atoms with van der Waals surface area (Å²) < 4.78 is 6.13. The topological polar surface area (TPSA) is 107 Å². The molecule has 2 N–H and O–H groups in total. The average Bonchev–Trinajstić information content (AvgIpc) is 3.50. The highest BCUT2D eigenvalue weighted by Gasteiger charge is 2.60. The van der Waals surface area contributed by atoms with Crippen molar-refractivity contribution in [3.8, 4) is 6.07 Å². The van der Waals surface area contributed by atoms with Crippen LogP contribution in [-0.2, 0) is 9.53 Å². The maximum absolute atomic E-state index is 13.1. The summed E-state index contributed by atoms with van der Waals surface area (Å²) >= 11 is 0. The summed E-state index contributed by atoms with van der Waals surface area (Å²) in [4.78, 5) is 32.1. The van der Waals surface area contributed by atoms with Gasteiger partial charge in [-0.1, -0.05) is 0 Å². The van der Waals surface area contributed by atoms with Crippen LogP contribution in [0.1, 0.15) is 56.9 Å². The van der Waals surface area contributed by atoms with E-state index in [9.17, 15) is 9.59 Å². The number of pyridine rings is 1. The van der Waals surface area contributed by atoms with Gasteiger partial charge in [0.1, 0.15) is 18.0 Å². The Hall–Kier alpha value is -2.82. The largest absolute Gasteiger partial charge is 0.446 e. The van der Waals surface area contributed by atoms with Gasteiger partial charge in [-0.2, -0.15) is 5.26 Å². The summed E-state index contributed by atoms with van der Waals surface area (Å²) in [5.74, 6) is 2.20. The Morgan fingerprint density at radius 1 is 1.12 bits per heavy atom. The van der Waals surface area contributed by atoms with Crippen LogP contribution in [0.2, 0.25) is 0 Å². The summed E-state index contributed by atoms with van der Waals surface area (Å²) in [6, 6.07) is 6.11. The van der Waals surface area contributed by atoms with E-state index in [-0.39, 0.29) is 29.6 Å². The molecule has 5 saturated carbocycles. The van der Waals surface area contributed by atoms with Gasteiger partial charge < -0.3 is 20.3 Å². The summed E-state index contributed by atoms with van der Waals surface area (Å²) in [5.41, 5.74) is 0.304. The fraction of sp³-hybridized carbons (Fsp3) is 0.680. The predicted molar refractivity (Wildman–Crippen MR) is 120 cm³/mol. The fourth-order valence-electron chi connectivity index (χ4n) is 7.00. The van der Waals surface area contributed by atoms with Gasteiger partial charge in [0.05, 0.1) is 11.0 Å². The van der Waals surface area contributed by atoms with Crippen LogP contribution in [0.4, 0.5) is 10.6 Å². The van der Waals surface area contributed by atoms with E-state index in [2.05, 4.69) is 21.7 Å². The lowest BCUT2D eigenvalue weighted by molar-refractivity contribution is -0.164. The quantitative estimate of drug-likeness (QED) is 0.715. The van der Waals surface area contributed by atoms with Crippen molar-refractivity contribution in [1.82, 2.24) is 15.2 Å². The summed E-state index contributed by atoms with van der Waals surface area (Å²) in [5, 5.41) is 15.5. The standard InChI is InChI=1S/C25H31N5O3/c26-12-15-1-4-21(27-13-15)28-20-5-6-30(14-20)24(32)33-22-17-7-16-8-18(22)11-25(9-16,10-17)23(31)29-19-2-3-19/h1,4,13,16-20,22H,2-3,5-11,14H2,(H,27,28)(H,29,31)/t16?,17-,18?,20+,22?,25-/m0/s1. The SMILES string of the molecule is N#Cc1ccc(N[C@@H]2CCN(C(=O)OC3C4CC5C[C@H]3C[C@@](C(=O)NC3CC3)(C5)C4)C2)nc1. The number of amides is 2. The number of likely N-dealkylation sites (tertiary alicyclic amines) is 1. The number of aromatic nitrogens is 1. The van der Waals surface area contributed by atoms with Crippen LogP contribution in [0, 0.1) is 34.5 Å². The molecule has 33 heavy (non-hydrogen) atoms. The van der Waals surface area contributed by atoms with E-state index in [0.29, 0.717) is 48.3 Å². The zero-order valence-electron chi connectivity index (χ0n) is 18.8. The molecular formula is C25H31N5O3. The second-order valence-electron chi connectivity index (χ2n) is 11.0. The highest BCUT2D eigenvalue weighted by molar-refractivity contribution is 5.83. The molecule has 1 aliphatic heterocycles. The second-order valence-corrected chi connectivity index (χ2v) is 11.0. The number of hydrogen-bond acceptors (Lipinski definition) is 6. The van der Waals surface area contributed by atoms with Crippen LogP contribution in [0.3, 0.4) is 0 Å². The molecule has 2 heterocycles. The van der Waals surface area contributed by atoms with Gasteiger partial charge in [-0.25, -0.2) is 9.78 Å². The highest BCUT2D eigenvalue weighted by atomic mass is 16.6. The third-order valence-corrected chi connectivity index (χ3v) is 8.51. The minimum atomic E-state index is -0.223. The number of nitriles is 1. The maximum atomic E-state index is 13.1. The number of carbonyl (C=O) groups is 2. The Balaban J connectivity index is 1.05. The third kappa shape index (κ3) is 3.92. The zero-order chi connectivity index (χ0) is 22.6. The molecule has 0 radical (unpaired) electrons. The molecule has 8 heteroatoms. The van der Waals surface area contributed by atoms with E-state index in [1.165, 1.54) is 0 Å². The molecule has 1 aromatic heterocycles. The van der Waals surface area contributed by atoms with E-state index in [4.69, 9.17) is 10.00 Å². The molecule has 6 atom stereocenters. The molecule has 4 bridgehead atoms. The van der Waals surface area contributed by atoms with E-state index in [0.717, 1.165) is 51.4 Å². The van der Waals surface area contributed by atoms with Gasteiger partial charge in [0.15, 0.2) is 0 Å². The molecule has 174 valence electrons. The number of carbonyl (C=O) groups excluding carboxylic acids is 2. The van der Waals surface area contributed by atoms with Crippen molar-refractivity contribution >= 4 is 17.8 Å². The summed E-state index contributed by atoms with van der Waals surface area (Å²) in [6.45, 7) is 1.24. The first-order valence-electron chi connectivity index (χ1n) is 12.4. The lowest BCUT2D eigenvalue weighted by Gasteiger charge is -2.58. The van der Waals surface area contributed by atoms with Crippen molar-refractivity contribution in [1.29, 1.82) is 5.26 Å². The molecular weight excluding hydrogens is 418 g/mol. The zero-order valence-corrected chi connectivity index (χ0v) is 18.8. The summed E-state index contributed by atoms with van der Waals surface area (Å²) in [7, 11) is 0. The van der Waals surface area contributed by atoms with Crippen molar-refractivity contribution in [2.75, 3.05) is 18.4 Å². The van der Waals surface area contributed by atoms with Crippen LogP contribution in [0.15, 0.2) is 18.3 Å². The second kappa shape index (κ2) is 7.89. The average molecular weight is 450 g/mol. The monoisotopic (exact) mass is 449 g/mol. The van der Waals surface area contributed by atoms with Gasteiger partial charge in [-0.05, 0) is 81.3 Å². The molecule has 8 nitrogen and oxygen atoms in total. The first kappa shape index (κ1) is 20.8. The number of rotatable bonds is 5. The Morgan fingerprint density at radius 2 is 1.91 bits per heavy atom. The van der Waals surface area contributed by atoms with Crippen molar-refractivity contribution in [3.63, 3.8) is 0 Å². The molecule has 0 aromatic carbocycles. The maximum Gasteiger partial charge on any atom is 0.410 e. The Kier molecular flexibility index (Phi) is 4.97. The number of nitrogens with one attached hydrogen (secondary N) is 2. The highest BCUT2D eigenvalue weighted by Crippen LogP contribution is 2.61. The predicted octanol–water partition coefficient (Wildman–Crippen LogP) is 3.05. The van der Waals surface area contributed by atoms with Crippen molar-refractivity contribution in [2.45, 2.75) is 69.6 Å². The van der Waals surface area contributed by atoms with Crippen LogP contribution in [-0.4, -0.2) is 53.2 Å². The van der Waals surface area contributed by atoms with Crippen molar-refractivity contribution < 1.29 is 14.3 Å². The number of ether oxygens (including phenoxy) is 1. The smallest absolute Gasteiger partial charge is 0.410 e. The van der Waals surface area contributed by atoms with Gasteiger partial charge >= 0.3 is 6.09 Å². The summed E-state index contributed by atoms with van der Waals surface area (Å²) in [6.07, 6.45) is 9.26. The lowest BCUT2D eigenvalue weighted by atomic mass is 9.48. The van der Waals surface area contributed by atoms with Crippen LogP contribution < -0.4 is 10.6 Å². The molecule has 1 saturated heterocycles. The van der Waals surface area contributed by atoms with Crippen molar-refractivity contribution in [2.24, 2.45) is 23.2 Å². The lowest BCUT2D eigenvalue weighted by Crippen LogP contribution is -2.59. The third-order valence-electron chi connectivity index (χ3n) is 8.51. The van der Waals surface area contributed by atoms with Gasteiger partial charge in [0.25, 0.3) is 0 Å². The molecule has 6 fully saturated rings. The van der Waals surface area contributed by atoms with Crippen molar-refractivity contribution in [3.05, 3.63) is 23.9 Å². The molecule has 7 rings (SSSR count). The normalized spacial score (nSPS) is 36.3. The van der Waals surface area contributed by atoms with Crippen LogP contribution in [0.5, 0.6) is 0 Å². The van der Waals surface area contributed by atoms with E-state index in [1.54, 1.807) is 23.2 Å². The van der Waals surface area contributed by atoms with Gasteiger partial charge in [0.2, 0.25) is 5.91 Å². The number of nitrogens with zero attached hydrogens (tertiary/aromatic N) is 3. The molecule has 0 spiro atoms. The first-order valence-corrected chi connectivity index (χ1v) is 12.4.